The maximum absolute atomic E-state index is 6.57. The van der Waals surface area contributed by atoms with Crippen molar-refractivity contribution in [3.05, 3.63) is 107 Å². The first-order valence-electron chi connectivity index (χ1n) is 8.95. The Bertz CT molecular complexity index is 1110. The number of pyridine rings is 2. The Hall–Kier alpha value is -3.70. The fourth-order valence-corrected chi connectivity index (χ4v) is 2.97. The summed E-state index contributed by atoms with van der Waals surface area (Å²) < 4.78 is 5.84. The Morgan fingerprint density at radius 1 is 0.759 bits per heavy atom. The molecular formula is C23H17ClN4O. The number of nitrogens with zero attached hydrogens (tertiary/aromatic N) is 3. The number of nitrogen functional groups attached to an aromatic ring is 1. The Kier molecular flexibility index (Phi) is 5.49. The van der Waals surface area contributed by atoms with E-state index in [4.69, 9.17) is 27.1 Å². The highest BCUT2D eigenvalue weighted by atomic mass is 35.5. The molecule has 4 rings (SSSR count). The predicted molar refractivity (Wildman–Crippen MR) is 116 cm³/mol. The van der Waals surface area contributed by atoms with Crippen LogP contribution >= 0.6 is 11.6 Å². The number of benzene rings is 2. The molecule has 2 heterocycles. The topological polar surface area (TPSA) is 73.4 Å². The smallest absolute Gasteiger partial charge is 0.175 e. The van der Waals surface area contributed by atoms with Gasteiger partial charge < -0.3 is 10.5 Å². The number of hydrogen-bond donors (Lipinski definition) is 1. The molecule has 142 valence electrons. The standard InChI is InChI=1S/C23H17ClN4O/c24-20-18(29-19-12-7-14-26-22(19)25)13-15-27-23(20)28-21(16-8-3-1-4-9-16)17-10-5-2-6-11-17/h1-15H,(H2,25,26). The second-order valence-electron chi connectivity index (χ2n) is 6.13. The highest BCUT2D eigenvalue weighted by Crippen LogP contribution is 2.36. The summed E-state index contributed by atoms with van der Waals surface area (Å²) >= 11 is 6.57. The summed E-state index contributed by atoms with van der Waals surface area (Å²) in [6.07, 6.45) is 3.19. The van der Waals surface area contributed by atoms with E-state index in [2.05, 4.69) is 9.97 Å². The fourth-order valence-electron chi connectivity index (χ4n) is 2.77. The third-order valence-corrected chi connectivity index (χ3v) is 4.52. The van der Waals surface area contributed by atoms with E-state index in [0.29, 0.717) is 22.3 Å². The Morgan fingerprint density at radius 3 is 2.03 bits per heavy atom. The van der Waals surface area contributed by atoms with Crippen LogP contribution in [0.5, 0.6) is 11.5 Å². The summed E-state index contributed by atoms with van der Waals surface area (Å²) in [7, 11) is 0. The lowest BCUT2D eigenvalue weighted by atomic mass is 10.0. The van der Waals surface area contributed by atoms with Crippen LogP contribution in [0.3, 0.4) is 0 Å². The quantitative estimate of drug-likeness (QED) is 0.438. The first kappa shape index (κ1) is 18.7. The van der Waals surface area contributed by atoms with Gasteiger partial charge in [0, 0.05) is 29.6 Å². The highest BCUT2D eigenvalue weighted by Gasteiger charge is 2.14. The van der Waals surface area contributed by atoms with E-state index in [9.17, 15) is 0 Å². The van der Waals surface area contributed by atoms with Crippen LogP contribution in [0.4, 0.5) is 11.6 Å². The van der Waals surface area contributed by atoms with Gasteiger partial charge in [0.2, 0.25) is 0 Å². The minimum absolute atomic E-state index is 0.277. The van der Waals surface area contributed by atoms with E-state index in [-0.39, 0.29) is 5.82 Å². The maximum Gasteiger partial charge on any atom is 0.175 e. The van der Waals surface area contributed by atoms with Crippen molar-refractivity contribution in [2.24, 2.45) is 4.99 Å². The third kappa shape index (κ3) is 4.25. The van der Waals surface area contributed by atoms with Gasteiger partial charge in [-0.15, -0.1) is 0 Å². The van der Waals surface area contributed by atoms with Crippen molar-refractivity contribution in [3.63, 3.8) is 0 Å². The summed E-state index contributed by atoms with van der Waals surface area (Å²) in [5, 5.41) is 0.292. The van der Waals surface area contributed by atoms with E-state index < -0.39 is 0 Å². The maximum atomic E-state index is 6.57. The molecule has 0 radical (unpaired) electrons. The van der Waals surface area contributed by atoms with Crippen molar-refractivity contribution in [1.29, 1.82) is 0 Å². The van der Waals surface area contributed by atoms with Crippen LogP contribution < -0.4 is 10.5 Å². The first-order valence-corrected chi connectivity index (χ1v) is 9.32. The fraction of sp³-hybridized carbons (Fsp3) is 0. The van der Waals surface area contributed by atoms with Crippen molar-refractivity contribution in [1.82, 2.24) is 9.97 Å². The van der Waals surface area contributed by atoms with Crippen LogP contribution in [-0.2, 0) is 0 Å². The van der Waals surface area contributed by atoms with Gasteiger partial charge in [0.25, 0.3) is 0 Å². The molecule has 0 bridgehead atoms. The summed E-state index contributed by atoms with van der Waals surface area (Å²) in [5.41, 5.74) is 8.55. The number of rotatable bonds is 5. The Labute approximate surface area is 173 Å². The van der Waals surface area contributed by atoms with Crippen molar-refractivity contribution in [2.75, 3.05) is 5.73 Å². The van der Waals surface area contributed by atoms with Crippen LogP contribution in [0.15, 0.2) is 96.2 Å². The van der Waals surface area contributed by atoms with Crippen LogP contribution in [0.2, 0.25) is 5.02 Å². The number of ether oxygens (including phenoxy) is 1. The number of nitrogens with two attached hydrogens (primary N) is 1. The van der Waals surface area contributed by atoms with Crippen molar-refractivity contribution < 1.29 is 4.74 Å². The molecule has 0 aliphatic rings. The van der Waals surface area contributed by atoms with E-state index in [1.54, 1.807) is 30.6 Å². The van der Waals surface area contributed by atoms with Crippen LogP contribution in [-0.4, -0.2) is 15.7 Å². The second kappa shape index (κ2) is 8.54. The lowest BCUT2D eigenvalue weighted by Crippen LogP contribution is -2.03. The number of anilines is 1. The van der Waals surface area contributed by atoms with Crippen molar-refractivity contribution >= 4 is 28.9 Å². The Balaban J connectivity index is 1.78. The molecule has 6 heteroatoms. The molecule has 0 atom stereocenters. The molecule has 4 aromatic rings. The molecule has 0 aliphatic carbocycles. The monoisotopic (exact) mass is 400 g/mol. The normalized spacial score (nSPS) is 10.4. The molecule has 29 heavy (non-hydrogen) atoms. The summed E-state index contributed by atoms with van der Waals surface area (Å²) in [4.78, 5) is 13.1. The molecule has 2 N–H and O–H groups in total. The van der Waals surface area contributed by atoms with Gasteiger partial charge in [-0.25, -0.2) is 15.0 Å². The van der Waals surface area contributed by atoms with Gasteiger partial charge in [-0.05, 0) is 12.1 Å². The number of aliphatic imine (C=N–C) groups is 1. The molecule has 2 aromatic carbocycles. The lowest BCUT2D eigenvalue weighted by Gasteiger charge is -2.11. The highest BCUT2D eigenvalue weighted by molar-refractivity contribution is 6.34. The predicted octanol–water partition coefficient (Wildman–Crippen LogP) is 5.67. The van der Waals surface area contributed by atoms with Gasteiger partial charge in [0.1, 0.15) is 5.02 Å². The third-order valence-electron chi connectivity index (χ3n) is 4.17. The van der Waals surface area contributed by atoms with E-state index in [1.807, 2.05) is 60.7 Å². The largest absolute Gasteiger partial charge is 0.452 e. The lowest BCUT2D eigenvalue weighted by molar-refractivity contribution is 0.483. The molecule has 2 aromatic heterocycles. The molecule has 0 fully saturated rings. The van der Waals surface area contributed by atoms with Crippen LogP contribution in [0, 0.1) is 0 Å². The van der Waals surface area contributed by atoms with Gasteiger partial charge in [-0.3, -0.25) is 0 Å². The average molecular weight is 401 g/mol. The van der Waals surface area contributed by atoms with Gasteiger partial charge in [-0.2, -0.15) is 0 Å². The zero-order chi connectivity index (χ0) is 20.1. The summed E-state index contributed by atoms with van der Waals surface area (Å²) in [5.74, 6) is 1.46. The zero-order valence-electron chi connectivity index (χ0n) is 15.4. The van der Waals surface area contributed by atoms with Gasteiger partial charge in [0.05, 0.1) is 5.71 Å². The van der Waals surface area contributed by atoms with E-state index in [0.717, 1.165) is 16.8 Å². The summed E-state index contributed by atoms with van der Waals surface area (Å²) in [6.45, 7) is 0. The van der Waals surface area contributed by atoms with Gasteiger partial charge in [-0.1, -0.05) is 72.3 Å². The molecule has 0 aliphatic heterocycles. The molecule has 0 amide bonds. The van der Waals surface area contributed by atoms with Crippen molar-refractivity contribution in [2.45, 2.75) is 0 Å². The van der Waals surface area contributed by atoms with Crippen LogP contribution in [0.1, 0.15) is 11.1 Å². The first-order chi connectivity index (χ1) is 14.2. The molecule has 0 saturated carbocycles. The van der Waals surface area contributed by atoms with Gasteiger partial charge in [0.15, 0.2) is 23.1 Å². The molecular weight excluding hydrogens is 384 g/mol. The number of aromatic nitrogens is 2. The molecule has 5 nitrogen and oxygen atoms in total. The SMILES string of the molecule is Nc1ncccc1Oc1ccnc(N=C(c2ccccc2)c2ccccc2)c1Cl. The zero-order valence-corrected chi connectivity index (χ0v) is 16.1. The summed E-state index contributed by atoms with van der Waals surface area (Å²) in [6, 6.07) is 24.9. The molecule has 0 spiro atoms. The van der Waals surface area contributed by atoms with Gasteiger partial charge >= 0.3 is 0 Å². The number of hydrogen-bond acceptors (Lipinski definition) is 5. The average Bonchev–Trinajstić information content (AvgIpc) is 2.77. The Morgan fingerprint density at radius 2 is 1.41 bits per heavy atom. The second-order valence-corrected chi connectivity index (χ2v) is 6.51. The van der Waals surface area contributed by atoms with Crippen LogP contribution in [0.25, 0.3) is 0 Å². The minimum atomic E-state index is 0.277. The molecule has 0 saturated heterocycles. The van der Waals surface area contributed by atoms with E-state index >= 15 is 0 Å². The number of halogens is 1. The van der Waals surface area contributed by atoms with Crippen molar-refractivity contribution in [3.8, 4) is 11.5 Å². The minimum Gasteiger partial charge on any atom is -0.452 e. The molecule has 0 unspecified atom stereocenters. The van der Waals surface area contributed by atoms with E-state index in [1.165, 1.54) is 0 Å².